The van der Waals surface area contributed by atoms with Crippen molar-refractivity contribution in [3.63, 3.8) is 0 Å². The van der Waals surface area contributed by atoms with Gasteiger partial charge in [-0.1, -0.05) is 0 Å². The first-order valence-corrected chi connectivity index (χ1v) is 7.16. The number of amides is 1. The molecule has 0 N–H and O–H groups in total. The molecule has 0 radical (unpaired) electrons. The molecule has 0 aliphatic heterocycles. The molecule has 1 saturated carbocycles. The van der Waals surface area contributed by atoms with Crippen molar-refractivity contribution in [2.75, 3.05) is 18.7 Å². The number of rotatable bonds is 4. The number of benzene rings is 1. The monoisotopic (exact) mass is 361 g/mol. The number of carbonyl (C=O) groups excluding carboxylic acids is 2. The SMILES string of the molecule is COC(=O)c1cc(F)c(Br)c(C)c1N(C(=O)CF)C1CC1. The van der Waals surface area contributed by atoms with E-state index in [-0.39, 0.29) is 21.8 Å². The number of halogens is 3. The Morgan fingerprint density at radius 2 is 2.10 bits per heavy atom. The van der Waals surface area contributed by atoms with Crippen molar-refractivity contribution < 1.29 is 23.1 Å². The molecule has 0 spiro atoms. The summed E-state index contributed by atoms with van der Waals surface area (Å²) < 4.78 is 31.5. The predicted octanol–water partition coefficient (Wildman–Crippen LogP) is 3.15. The second kappa shape index (κ2) is 6.09. The minimum absolute atomic E-state index is 0.0793. The van der Waals surface area contributed by atoms with Gasteiger partial charge < -0.3 is 9.64 Å². The van der Waals surface area contributed by atoms with Gasteiger partial charge in [0.05, 0.1) is 22.8 Å². The van der Waals surface area contributed by atoms with Crippen molar-refractivity contribution in [3.8, 4) is 0 Å². The molecule has 0 bridgehead atoms. The number of alkyl halides is 1. The maximum Gasteiger partial charge on any atom is 0.340 e. The fourth-order valence-corrected chi connectivity index (χ4v) is 2.53. The molecule has 0 atom stereocenters. The molecule has 1 aliphatic rings. The summed E-state index contributed by atoms with van der Waals surface area (Å²) >= 11 is 3.09. The number of anilines is 1. The fraction of sp³-hybridized carbons (Fsp3) is 0.429. The summed E-state index contributed by atoms with van der Waals surface area (Å²) in [6.07, 6.45) is 1.45. The molecule has 0 unspecified atom stereocenters. The van der Waals surface area contributed by atoms with E-state index in [4.69, 9.17) is 0 Å². The molecule has 4 nitrogen and oxygen atoms in total. The van der Waals surface area contributed by atoms with Crippen molar-refractivity contribution in [3.05, 3.63) is 27.5 Å². The van der Waals surface area contributed by atoms with Crippen LogP contribution in [0.3, 0.4) is 0 Å². The van der Waals surface area contributed by atoms with Crippen molar-refractivity contribution in [2.24, 2.45) is 0 Å². The largest absolute Gasteiger partial charge is 0.465 e. The third-order valence-corrected chi connectivity index (χ3v) is 4.34. The zero-order valence-electron chi connectivity index (χ0n) is 11.6. The van der Waals surface area contributed by atoms with Crippen LogP contribution in [-0.2, 0) is 9.53 Å². The van der Waals surface area contributed by atoms with Crippen LogP contribution in [0.25, 0.3) is 0 Å². The van der Waals surface area contributed by atoms with Crippen molar-refractivity contribution >= 4 is 33.5 Å². The Morgan fingerprint density at radius 3 is 2.57 bits per heavy atom. The fourth-order valence-electron chi connectivity index (χ4n) is 2.23. The van der Waals surface area contributed by atoms with E-state index >= 15 is 0 Å². The van der Waals surface area contributed by atoms with Gasteiger partial charge in [0.15, 0.2) is 6.67 Å². The zero-order valence-corrected chi connectivity index (χ0v) is 13.2. The first kappa shape index (κ1) is 15.9. The first-order chi connectivity index (χ1) is 9.92. The lowest BCUT2D eigenvalue weighted by Crippen LogP contribution is -2.36. The van der Waals surface area contributed by atoms with E-state index in [1.54, 1.807) is 6.92 Å². The average molecular weight is 362 g/mol. The van der Waals surface area contributed by atoms with Crippen LogP contribution < -0.4 is 4.90 Å². The number of carbonyl (C=O) groups is 2. The second-order valence-corrected chi connectivity index (χ2v) is 5.61. The van der Waals surface area contributed by atoms with Gasteiger partial charge in [-0.2, -0.15) is 0 Å². The molecule has 1 fully saturated rings. The number of esters is 1. The first-order valence-electron chi connectivity index (χ1n) is 6.37. The van der Waals surface area contributed by atoms with Crippen LogP contribution in [-0.4, -0.2) is 31.7 Å². The third-order valence-electron chi connectivity index (χ3n) is 3.36. The lowest BCUT2D eigenvalue weighted by molar-refractivity contribution is -0.119. The molecule has 0 saturated heterocycles. The van der Waals surface area contributed by atoms with E-state index < -0.39 is 24.4 Å². The maximum absolute atomic E-state index is 13.8. The van der Waals surface area contributed by atoms with Gasteiger partial charge in [-0.15, -0.1) is 0 Å². The Morgan fingerprint density at radius 1 is 1.48 bits per heavy atom. The predicted molar refractivity (Wildman–Crippen MR) is 76.7 cm³/mol. The van der Waals surface area contributed by atoms with Crippen LogP contribution in [0, 0.1) is 12.7 Å². The quantitative estimate of drug-likeness (QED) is 0.774. The van der Waals surface area contributed by atoms with Crippen LogP contribution >= 0.6 is 15.9 Å². The van der Waals surface area contributed by atoms with Gasteiger partial charge in [0.25, 0.3) is 5.91 Å². The summed E-state index contributed by atoms with van der Waals surface area (Å²) in [6, 6.07) is 0.840. The van der Waals surface area contributed by atoms with E-state index in [0.717, 1.165) is 18.9 Å². The van der Waals surface area contributed by atoms with Crippen LogP contribution in [0.1, 0.15) is 28.8 Å². The molecule has 7 heteroatoms. The summed E-state index contributed by atoms with van der Waals surface area (Å²) in [5.41, 5.74) is 0.494. The summed E-state index contributed by atoms with van der Waals surface area (Å²) in [5.74, 6) is -2.15. The molecule has 1 aromatic carbocycles. The van der Waals surface area contributed by atoms with Gasteiger partial charge in [0.2, 0.25) is 0 Å². The highest BCUT2D eigenvalue weighted by molar-refractivity contribution is 9.10. The Labute approximate surface area is 129 Å². The minimum Gasteiger partial charge on any atom is -0.465 e. The van der Waals surface area contributed by atoms with Gasteiger partial charge >= 0.3 is 5.97 Å². The lowest BCUT2D eigenvalue weighted by Gasteiger charge is -2.26. The smallest absolute Gasteiger partial charge is 0.340 e. The van der Waals surface area contributed by atoms with E-state index in [9.17, 15) is 18.4 Å². The highest BCUT2D eigenvalue weighted by Gasteiger charge is 2.37. The Bertz CT molecular complexity index is 602. The minimum atomic E-state index is -1.18. The molecular weight excluding hydrogens is 348 g/mol. The highest BCUT2D eigenvalue weighted by Crippen LogP contribution is 2.39. The maximum atomic E-state index is 13.8. The normalized spacial score (nSPS) is 14.0. The standard InChI is InChI=1S/C14H14BrF2NO3/c1-7-12(15)10(17)5-9(14(20)21-2)13(7)18(8-3-4-8)11(19)6-16/h5,8H,3-4,6H2,1-2H3. The van der Waals surface area contributed by atoms with Crippen LogP contribution in [0.5, 0.6) is 0 Å². The van der Waals surface area contributed by atoms with Crippen LogP contribution in [0.2, 0.25) is 0 Å². The molecular formula is C14H14BrF2NO3. The summed E-state index contributed by atoms with van der Waals surface area (Å²) in [5, 5.41) is 0. The summed E-state index contributed by atoms with van der Waals surface area (Å²) in [6.45, 7) is 0.390. The van der Waals surface area contributed by atoms with Crippen LogP contribution in [0.15, 0.2) is 10.5 Å². The molecule has 1 aromatic rings. The highest BCUT2D eigenvalue weighted by atomic mass is 79.9. The Kier molecular flexibility index (Phi) is 4.61. The Balaban J connectivity index is 2.66. The topological polar surface area (TPSA) is 46.6 Å². The number of hydrogen-bond donors (Lipinski definition) is 0. The summed E-state index contributed by atoms with van der Waals surface area (Å²) in [4.78, 5) is 25.0. The number of nitrogens with zero attached hydrogens (tertiary/aromatic N) is 1. The van der Waals surface area contributed by atoms with Gasteiger partial charge in [0, 0.05) is 6.04 Å². The van der Waals surface area contributed by atoms with E-state index in [1.165, 1.54) is 12.0 Å². The third kappa shape index (κ3) is 2.92. The van der Waals surface area contributed by atoms with Gasteiger partial charge in [-0.3, -0.25) is 4.79 Å². The lowest BCUT2D eigenvalue weighted by atomic mass is 10.1. The van der Waals surface area contributed by atoms with E-state index in [0.29, 0.717) is 5.56 Å². The van der Waals surface area contributed by atoms with Crippen molar-refractivity contribution in [1.29, 1.82) is 0 Å². The van der Waals surface area contributed by atoms with E-state index in [1.807, 2.05) is 0 Å². The zero-order chi connectivity index (χ0) is 15.7. The number of methoxy groups -OCH3 is 1. The van der Waals surface area contributed by atoms with Crippen molar-refractivity contribution in [1.82, 2.24) is 0 Å². The van der Waals surface area contributed by atoms with Crippen molar-refractivity contribution in [2.45, 2.75) is 25.8 Å². The number of hydrogen-bond acceptors (Lipinski definition) is 3. The molecule has 21 heavy (non-hydrogen) atoms. The molecule has 114 valence electrons. The second-order valence-electron chi connectivity index (χ2n) is 4.81. The summed E-state index contributed by atoms with van der Waals surface area (Å²) in [7, 11) is 1.17. The molecule has 0 heterocycles. The van der Waals surface area contributed by atoms with Gasteiger partial charge in [-0.05, 0) is 47.3 Å². The van der Waals surface area contributed by atoms with E-state index in [2.05, 4.69) is 20.7 Å². The molecule has 0 aromatic heterocycles. The molecule has 2 rings (SSSR count). The number of ether oxygens (including phenoxy) is 1. The Hall–Kier alpha value is -1.50. The molecule has 1 amide bonds. The van der Waals surface area contributed by atoms with Crippen LogP contribution in [0.4, 0.5) is 14.5 Å². The van der Waals surface area contributed by atoms with Gasteiger partial charge in [0.1, 0.15) is 5.82 Å². The molecule has 1 aliphatic carbocycles. The average Bonchev–Trinajstić information content (AvgIpc) is 3.30. The van der Waals surface area contributed by atoms with Gasteiger partial charge in [-0.25, -0.2) is 13.6 Å².